The van der Waals surface area contributed by atoms with Gasteiger partial charge in [-0.05, 0) is 20.8 Å². The average Bonchev–Trinajstić information content (AvgIpc) is 2.31. The van der Waals surface area contributed by atoms with Crippen molar-refractivity contribution in [2.75, 3.05) is 13.2 Å². The smallest absolute Gasteiger partial charge is 0.851 e. The molecule has 0 atom stereocenters. The van der Waals surface area contributed by atoms with Crippen molar-refractivity contribution in [3.8, 4) is 0 Å². The molecule has 0 radical (unpaired) electrons. The van der Waals surface area contributed by atoms with Crippen LogP contribution in [0.5, 0.6) is 0 Å². The summed E-state index contributed by atoms with van der Waals surface area (Å²) in [6.07, 6.45) is 13.0. The van der Waals surface area contributed by atoms with Crippen molar-refractivity contribution in [1.82, 2.24) is 0 Å². The van der Waals surface area contributed by atoms with Gasteiger partial charge in [0.2, 0.25) is 0 Å². The third kappa shape index (κ3) is 16.6. The Bertz CT molecular complexity index is 364. The van der Waals surface area contributed by atoms with Crippen LogP contribution in [0.3, 0.4) is 0 Å². The summed E-state index contributed by atoms with van der Waals surface area (Å²) in [4.78, 5) is 0. The van der Waals surface area contributed by atoms with E-state index < -0.39 is 0 Å². The fourth-order valence-electron chi connectivity index (χ4n) is 1.18. The summed E-state index contributed by atoms with van der Waals surface area (Å²) in [6, 6.07) is 0. The van der Waals surface area contributed by atoms with E-state index in [0.717, 1.165) is 16.7 Å². The first kappa shape index (κ1) is 24.6. The minimum Gasteiger partial charge on any atom is -0.851 e. The second-order valence-corrected chi connectivity index (χ2v) is 3.91. The standard InChI is InChI=1S/C15H20O2.2Na/c1-13(9-6-10-16)7-4-5-8-14(2)11-15(3)12-17;;/h4-9,11H,10,12H2,1-3H3;;/q-2;2*+1/b5-4+,9-6?,13-7+,14-8+,15-11+;;. The molecule has 0 aliphatic carbocycles. The van der Waals surface area contributed by atoms with Crippen molar-refractivity contribution in [1.29, 1.82) is 0 Å². The van der Waals surface area contributed by atoms with E-state index in [1.807, 2.05) is 51.2 Å². The van der Waals surface area contributed by atoms with Crippen LogP contribution in [0.4, 0.5) is 0 Å². The van der Waals surface area contributed by atoms with Crippen LogP contribution in [0, 0.1) is 0 Å². The van der Waals surface area contributed by atoms with Crippen LogP contribution in [0.2, 0.25) is 0 Å². The van der Waals surface area contributed by atoms with Crippen LogP contribution in [0.15, 0.2) is 59.3 Å². The molecular weight excluding hydrogens is 258 g/mol. The molecule has 0 N–H and O–H groups in total. The molecule has 0 aromatic carbocycles. The normalized spacial score (nSPS) is 13.6. The predicted octanol–water partition coefficient (Wildman–Crippen LogP) is -4.33. The SMILES string of the molecule is C\C(C=CC[O-])=C/C=C/C=C(C)/C=C(\C)C[O-].[Na+].[Na+]. The third-order valence-electron chi connectivity index (χ3n) is 2.01. The Kier molecular flexibility index (Phi) is 21.6. The van der Waals surface area contributed by atoms with Crippen molar-refractivity contribution in [3.63, 3.8) is 0 Å². The van der Waals surface area contributed by atoms with E-state index in [4.69, 9.17) is 0 Å². The third-order valence-corrected chi connectivity index (χ3v) is 2.01. The summed E-state index contributed by atoms with van der Waals surface area (Å²) in [7, 11) is 0. The maximum absolute atomic E-state index is 10.5. The molecule has 0 aliphatic heterocycles. The summed E-state index contributed by atoms with van der Waals surface area (Å²) in [5, 5.41) is 20.7. The molecule has 0 heterocycles. The van der Waals surface area contributed by atoms with Crippen molar-refractivity contribution in [2.45, 2.75) is 20.8 Å². The minimum absolute atomic E-state index is 0. The van der Waals surface area contributed by atoms with Gasteiger partial charge in [0.05, 0.1) is 0 Å². The Hall–Kier alpha value is 0.620. The molecule has 2 nitrogen and oxygen atoms in total. The van der Waals surface area contributed by atoms with Crippen LogP contribution in [-0.2, 0) is 0 Å². The van der Waals surface area contributed by atoms with Crippen LogP contribution in [0.25, 0.3) is 0 Å². The number of allylic oxidation sites excluding steroid dienone is 8. The van der Waals surface area contributed by atoms with Crippen LogP contribution in [-0.4, -0.2) is 13.2 Å². The zero-order chi connectivity index (χ0) is 13.1. The number of hydrogen-bond donors (Lipinski definition) is 0. The second-order valence-electron chi connectivity index (χ2n) is 3.91. The summed E-state index contributed by atoms with van der Waals surface area (Å²) in [6.45, 7) is 5.37. The molecule has 0 saturated carbocycles. The topological polar surface area (TPSA) is 46.1 Å². The second kappa shape index (κ2) is 16.7. The van der Waals surface area contributed by atoms with Crippen molar-refractivity contribution < 1.29 is 69.3 Å². The number of rotatable bonds is 6. The van der Waals surface area contributed by atoms with Crippen molar-refractivity contribution in [3.05, 3.63) is 59.3 Å². The van der Waals surface area contributed by atoms with Gasteiger partial charge in [-0.25, -0.2) is 0 Å². The van der Waals surface area contributed by atoms with Crippen molar-refractivity contribution >= 4 is 0 Å². The van der Waals surface area contributed by atoms with Gasteiger partial charge in [0.15, 0.2) is 0 Å². The van der Waals surface area contributed by atoms with Gasteiger partial charge < -0.3 is 10.2 Å². The van der Waals surface area contributed by atoms with Gasteiger partial charge >= 0.3 is 59.1 Å². The zero-order valence-corrected chi connectivity index (χ0v) is 16.8. The molecule has 0 fully saturated rings. The molecular formula is C15H20Na2O2. The first-order valence-electron chi connectivity index (χ1n) is 5.62. The van der Waals surface area contributed by atoms with Gasteiger partial charge in [0.1, 0.15) is 0 Å². The van der Waals surface area contributed by atoms with Crippen LogP contribution in [0.1, 0.15) is 20.8 Å². The van der Waals surface area contributed by atoms with Gasteiger partial charge in [0, 0.05) is 0 Å². The molecule has 0 aromatic heterocycles. The summed E-state index contributed by atoms with van der Waals surface area (Å²) in [5.74, 6) is 0. The van der Waals surface area contributed by atoms with E-state index in [0.29, 0.717) is 0 Å². The van der Waals surface area contributed by atoms with Gasteiger partial charge in [0.25, 0.3) is 0 Å². The molecule has 4 heteroatoms. The summed E-state index contributed by atoms with van der Waals surface area (Å²) >= 11 is 0. The predicted molar refractivity (Wildman–Crippen MR) is 69.3 cm³/mol. The Morgan fingerprint density at radius 3 is 1.89 bits per heavy atom. The fraction of sp³-hybridized carbons (Fsp3) is 0.333. The molecule has 0 saturated heterocycles. The largest absolute Gasteiger partial charge is 1.00 e. The first-order valence-corrected chi connectivity index (χ1v) is 5.62. The first-order chi connectivity index (χ1) is 8.10. The van der Waals surface area contributed by atoms with E-state index in [1.54, 1.807) is 12.2 Å². The molecule has 19 heavy (non-hydrogen) atoms. The molecule has 0 aliphatic rings. The van der Waals surface area contributed by atoms with E-state index in [1.165, 1.54) is 0 Å². The van der Waals surface area contributed by atoms with E-state index in [9.17, 15) is 10.2 Å². The molecule has 0 aromatic rings. The maximum atomic E-state index is 10.5. The maximum Gasteiger partial charge on any atom is 1.00 e. The Balaban J connectivity index is -0.00000128. The van der Waals surface area contributed by atoms with Gasteiger partial charge in [-0.1, -0.05) is 53.2 Å². The zero-order valence-electron chi connectivity index (χ0n) is 12.8. The van der Waals surface area contributed by atoms with E-state index in [2.05, 4.69) is 0 Å². The van der Waals surface area contributed by atoms with Crippen LogP contribution < -0.4 is 69.3 Å². The molecule has 0 unspecified atom stereocenters. The van der Waals surface area contributed by atoms with Crippen LogP contribution >= 0.6 is 0 Å². The van der Waals surface area contributed by atoms with Gasteiger partial charge in [-0.15, -0.1) is 19.3 Å². The van der Waals surface area contributed by atoms with E-state index in [-0.39, 0.29) is 72.3 Å². The molecule has 0 spiro atoms. The molecule has 0 bridgehead atoms. The van der Waals surface area contributed by atoms with Crippen molar-refractivity contribution in [2.24, 2.45) is 0 Å². The minimum atomic E-state index is -0.187. The molecule has 0 amide bonds. The summed E-state index contributed by atoms with van der Waals surface area (Å²) in [5.41, 5.74) is 2.92. The monoisotopic (exact) mass is 278 g/mol. The molecule has 94 valence electrons. The van der Waals surface area contributed by atoms with Gasteiger partial charge in [-0.3, -0.25) is 0 Å². The Morgan fingerprint density at radius 1 is 0.895 bits per heavy atom. The van der Waals surface area contributed by atoms with Gasteiger partial charge in [-0.2, -0.15) is 0 Å². The van der Waals surface area contributed by atoms with E-state index >= 15 is 0 Å². The summed E-state index contributed by atoms with van der Waals surface area (Å²) < 4.78 is 0. The molecule has 0 rings (SSSR count). The number of hydrogen-bond acceptors (Lipinski definition) is 2. The Labute approximate surface area is 161 Å². The fourth-order valence-corrected chi connectivity index (χ4v) is 1.18. The average molecular weight is 278 g/mol. The Morgan fingerprint density at radius 2 is 1.42 bits per heavy atom. The quantitative estimate of drug-likeness (QED) is 0.364.